The molecule has 7 heteroatoms. The Morgan fingerprint density at radius 2 is 1.70 bits per heavy atom. The highest BCUT2D eigenvalue weighted by molar-refractivity contribution is 5.94. The van der Waals surface area contributed by atoms with Gasteiger partial charge in [-0.2, -0.15) is 13.2 Å². The third-order valence-electron chi connectivity index (χ3n) is 3.68. The van der Waals surface area contributed by atoms with E-state index in [4.69, 9.17) is 4.74 Å². The highest BCUT2D eigenvalue weighted by atomic mass is 19.4. The number of benzene rings is 2. The Labute approximate surface area is 156 Å². The molecule has 0 aliphatic carbocycles. The van der Waals surface area contributed by atoms with Crippen molar-refractivity contribution in [3.05, 3.63) is 65.2 Å². The topological polar surface area (TPSA) is 50.4 Å². The molecule has 0 atom stereocenters. The van der Waals surface area contributed by atoms with Crippen molar-refractivity contribution in [1.82, 2.24) is 10.6 Å². The second-order valence-electron chi connectivity index (χ2n) is 6.11. The fourth-order valence-corrected chi connectivity index (χ4v) is 2.42. The Bertz CT molecular complexity index is 748. The SMILES string of the molecule is CCCNC(=O)c1cccc(CNCc2cccc(OCC(F)(F)F)c2)c1. The number of carbonyl (C=O) groups is 1. The lowest BCUT2D eigenvalue weighted by molar-refractivity contribution is -0.153. The Balaban J connectivity index is 1.86. The Kier molecular flexibility index (Phi) is 7.67. The number of carbonyl (C=O) groups excluding carboxylic acids is 1. The van der Waals surface area contributed by atoms with Crippen molar-refractivity contribution in [2.45, 2.75) is 32.6 Å². The van der Waals surface area contributed by atoms with Crippen LogP contribution in [0.15, 0.2) is 48.5 Å². The van der Waals surface area contributed by atoms with Crippen LogP contribution < -0.4 is 15.4 Å². The molecular formula is C20H23F3N2O2. The van der Waals surface area contributed by atoms with Crippen LogP contribution in [0, 0.1) is 0 Å². The average molecular weight is 380 g/mol. The van der Waals surface area contributed by atoms with Crippen LogP contribution in [-0.4, -0.2) is 25.2 Å². The molecule has 0 unspecified atom stereocenters. The van der Waals surface area contributed by atoms with Crippen molar-refractivity contribution in [1.29, 1.82) is 0 Å². The summed E-state index contributed by atoms with van der Waals surface area (Å²) in [6.45, 7) is 2.31. The minimum atomic E-state index is -4.36. The lowest BCUT2D eigenvalue weighted by Gasteiger charge is -2.11. The molecule has 0 bridgehead atoms. The molecule has 0 fully saturated rings. The van der Waals surface area contributed by atoms with Gasteiger partial charge in [0.15, 0.2) is 6.61 Å². The molecule has 2 aromatic rings. The van der Waals surface area contributed by atoms with Gasteiger partial charge >= 0.3 is 6.18 Å². The summed E-state index contributed by atoms with van der Waals surface area (Å²) < 4.78 is 41.4. The molecule has 0 aliphatic heterocycles. The zero-order chi connectivity index (χ0) is 19.7. The van der Waals surface area contributed by atoms with Crippen LogP contribution in [-0.2, 0) is 13.1 Å². The van der Waals surface area contributed by atoms with E-state index in [1.807, 2.05) is 31.2 Å². The zero-order valence-electron chi connectivity index (χ0n) is 15.1. The number of nitrogens with one attached hydrogen (secondary N) is 2. The molecule has 2 rings (SSSR count). The van der Waals surface area contributed by atoms with Gasteiger partial charge in [0.2, 0.25) is 0 Å². The van der Waals surface area contributed by atoms with Gasteiger partial charge in [-0.1, -0.05) is 31.2 Å². The Hall–Kier alpha value is -2.54. The van der Waals surface area contributed by atoms with E-state index in [0.29, 0.717) is 25.2 Å². The maximum absolute atomic E-state index is 12.2. The summed E-state index contributed by atoms with van der Waals surface area (Å²) in [6, 6.07) is 13.8. The van der Waals surface area contributed by atoms with Crippen LogP contribution in [0.3, 0.4) is 0 Å². The number of halogens is 3. The van der Waals surface area contributed by atoms with Crippen LogP contribution >= 0.6 is 0 Å². The van der Waals surface area contributed by atoms with Crippen LogP contribution in [0.4, 0.5) is 13.2 Å². The third kappa shape index (κ3) is 7.70. The molecule has 0 saturated carbocycles. The molecule has 0 radical (unpaired) electrons. The van der Waals surface area contributed by atoms with Gasteiger partial charge in [0.05, 0.1) is 0 Å². The first-order valence-electron chi connectivity index (χ1n) is 8.74. The van der Waals surface area contributed by atoms with Gasteiger partial charge in [-0.25, -0.2) is 0 Å². The molecule has 0 aromatic heterocycles. The molecule has 146 valence electrons. The molecule has 2 aromatic carbocycles. The van der Waals surface area contributed by atoms with Crippen LogP contribution in [0.1, 0.15) is 34.8 Å². The van der Waals surface area contributed by atoms with Crippen molar-refractivity contribution < 1.29 is 22.7 Å². The largest absolute Gasteiger partial charge is 0.484 e. The molecule has 2 N–H and O–H groups in total. The van der Waals surface area contributed by atoms with Crippen molar-refractivity contribution in [3.63, 3.8) is 0 Å². The van der Waals surface area contributed by atoms with E-state index in [2.05, 4.69) is 10.6 Å². The van der Waals surface area contributed by atoms with E-state index in [1.165, 1.54) is 6.07 Å². The van der Waals surface area contributed by atoms with E-state index in [1.54, 1.807) is 18.2 Å². The van der Waals surface area contributed by atoms with E-state index >= 15 is 0 Å². The van der Waals surface area contributed by atoms with Crippen molar-refractivity contribution in [3.8, 4) is 5.75 Å². The Morgan fingerprint density at radius 3 is 2.37 bits per heavy atom. The lowest BCUT2D eigenvalue weighted by Crippen LogP contribution is -2.24. The first kappa shape index (κ1) is 20.8. The van der Waals surface area contributed by atoms with Crippen LogP contribution in [0.25, 0.3) is 0 Å². The number of hydrogen-bond acceptors (Lipinski definition) is 3. The summed E-state index contributed by atoms with van der Waals surface area (Å²) in [7, 11) is 0. The van der Waals surface area contributed by atoms with Crippen molar-refractivity contribution in [2.75, 3.05) is 13.2 Å². The van der Waals surface area contributed by atoms with Gasteiger partial charge in [-0.05, 0) is 41.8 Å². The fourth-order valence-electron chi connectivity index (χ4n) is 2.42. The normalized spacial score (nSPS) is 11.3. The lowest BCUT2D eigenvalue weighted by atomic mass is 10.1. The predicted molar refractivity (Wildman–Crippen MR) is 97.6 cm³/mol. The number of ether oxygens (including phenoxy) is 1. The molecule has 1 amide bonds. The molecule has 4 nitrogen and oxygen atoms in total. The quantitative estimate of drug-likeness (QED) is 0.690. The smallest absolute Gasteiger partial charge is 0.422 e. The van der Waals surface area contributed by atoms with Crippen molar-refractivity contribution >= 4 is 5.91 Å². The summed E-state index contributed by atoms with van der Waals surface area (Å²) in [5.41, 5.74) is 2.36. The summed E-state index contributed by atoms with van der Waals surface area (Å²) in [4.78, 5) is 12.0. The van der Waals surface area contributed by atoms with E-state index in [9.17, 15) is 18.0 Å². The number of amides is 1. The standard InChI is InChI=1S/C20H23F3N2O2/c1-2-9-25-19(26)17-7-3-5-15(10-17)12-24-13-16-6-4-8-18(11-16)27-14-20(21,22)23/h3-8,10-11,24H,2,9,12-14H2,1H3,(H,25,26). The minimum absolute atomic E-state index is 0.104. The maximum atomic E-state index is 12.2. The van der Waals surface area contributed by atoms with Crippen LogP contribution in [0.2, 0.25) is 0 Å². The second-order valence-corrected chi connectivity index (χ2v) is 6.11. The highest BCUT2D eigenvalue weighted by Crippen LogP contribution is 2.19. The van der Waals surface area contributed by atoms with Gasteiger partial charge in [-0.15, -0.1) is 0 Å². The highest BCUT2D eigenvalue weighted by Gasteiger charge is 2.28. The summed E-state index contributed by atoms with van der Waals surface area (Å²) >= 11 is 0. The molecular weight excluding hydrogens is 357 g/mol. The van der Waals surface area contributed by atoms with E-state index in [-0.39, 0.29) is 11.7 Å². The average Bonchev–Trinajstić information content (AvgIpc) is 2.64. The predicted octanol–water partition coefficient (Wildman–Crippen LogP) is 4.06. The first-order chi connectivity index (χ1) is 12.9. The second kappa shape index (κ2) is 9.97. The molecule has 0 saturated heterocycles. The molecule has 0 aliphatic rings. The summed E-state index contributed by atoms with van der Waals surface area (Å²) in [6.07, 6.45) is -3.48. The molecule has 0 heterocycles. The maximum Gasteiger partial charge on any atom is 0.422 e. The zero-order valence-corrected chi connectivity index (χ0v) is 15.1. The monoisotopic (exact) mass is 380 g/mol. The van der Waals surface area contributed by atoms with Gasteiger partial charge in [-0.3, -0.25) is 4.79 Å². The number of alkyl halides is 3. The van der Waals surface area contributed by atoms with Gasteiger partial charge in [0, 0.05) is 25.2 Å². The van der Waals surface area contributed by atoms with Crippen LogP contribution in [0.5, 0.6) is 5.75 Å². The van der Waals surface area contributed by atoms with Gasteiger partial charge < -0.3 is 15.4 Å². The van der Waals surface area contributed by atoms with E-state index < -0.39 is 12.8 Å². The number of rotatable bonds is 9. The summed E-state index contributed by atoms with van der Waals surface area (Å²) in [5.74, 6) is 0.0782. The van der Waals surface area contributed by atoms with Gasteiger partial charge in [0.1, 0.15) is 5.75 Å². The molecule has 0 spiro atoms. The molecule has 27 heavy (non-hydrogen) atoms. The first-order valence-corrected chi connectivity index (χ1v) is 8.74. The fraction of sp³-hybridized carbons (Fsp3) is 0.350. The minimum Gasteiger partial charge on any atom is -0.484 e. The van der Waals surface area contributed by atoms with E-state index in [0.717, 1.165) is 17.5 Å². The third-order valence-corrected chi connectivity index (χ3v) is 3.68. The Morgan fingerprint density at radius 1 is 1.04 bits per heavy atom. The van der Waals surface area contributed by atoms with Gasteiger partial charge in [0.25, 0.3) is 5.91 Å². The number of hydrogen-bond donors (Lipinski definition) is 2. The summed E-state index contributed by atoms with van der Waals surface area (Å²) in [5, 5.41) is 6.05. The van der Waals surface area contributed by atoms with Crippen molar-refractivity contribution in [2.24, 2.45) is 0 Å².